The minimum atomic E-state index is -4.24. The fourth-order valence-corrected chi connectivity index (χ4v) is 2.83. The summed E-state index contributed by atoms with van der Waals surface area (Å²) >= 11 is 0. The normalized spacial score (nSPS) is 11.1. The van der Waals surface area contributed by atoms with Gasteiger partial charge in [-0.25, -0.2) is 8.42 Å². The number of hydrogen-bond acceptors (Lipinski definition) is 4. The molecule has 0 aromatic rings. The van der Waals surface area contributed by atoms with Gasteiger partial charge in [0.15, 0.2) is 0 Å². The second kappa shape index (κ2) is 15.9. The molecule has 0 fully saturated rings. The predicted octanol–water partition coefficient (Wildman–Crippen LogP) is 0.305. The van der Waals surface area contributed by atoms with Crippen LogP contribution in [0.1, 0.15) is 77.6 Å². The summed E-state index contributed by atoms with van der Waals surface area (Å²) in [5, 5.41) is 0. The van der Waals surface area contributed by atoms with Gasteiger partial charge < -0.3 is 9.45 Å². The molecule has 0 atom stereocenters. The molecule has 0 saturated heterocycles. The van der Waals surface area contributed by atoms with Crippen molar-refractivity contribution < 1.29 is 47.3 Å². The third-order valence-electron chi connectivity index (χ3n) is 3.85. The summed E-state index contributed by atoms with van der Waals surface area (Å²) < 4.78 is 31.5. The summed E-state index contributed by atoms with van der Waals surface area (Å²) in [7, 11) is -2.70. The SMILES string of the molecule is CCCCCCCCCCCCC(=O)N(C)CCS(=O)(=O)[O-].[Na+]. The standard InChI is InChI=1S/C16H33NO4S.Na/c1-3-4-5-6-7-8-9-10-11-12-13-16(18)17(2)14-15-22(19,20)21;/h3-15H2,1-2H3,(H,19,20,21);/q;+1/p-1. The zero-order valence-corrected chi connectivity index (χ0v) is 18.0. The van der Waals surface area contributed by atoms with Gasteiger partial charge in [-0.05, 0) is 6.42 Å². The van der Waals surface area contributed by atoms with Crippen molar-refractivity contribution in [3.8, 4) is 0 Å². The molecule has 5 nitrogen and oxygen atoms in total. The maximum absolute atomic E-state index is 11.7. The Morgan fingerprint density at radius 2 is 1.35 bits per heavy atom. The number of carbonyl (C=O) groups excluding carboxylic acids is 1. The Kier molecular flexibility index (Phi) is 17.7. The Hall–Kier alpha value is 0.380. The van der Waals surface area contributed by atoms with Gasteiger partial charge in [0.2, 0.25) is 5.91 Å². The Morgan fingerprint density at radius 1 is 0.913 bits per heavy atom. The summed E-state index contributed by atoms with van der Waals surface area (Å²) in [6.07, 6.45) is 12.6. The minimum Gasteiger partial charge on any atom is -0.748 e. The van der Waals surface area contributed by atoms with Crippen LogP contribution in [0.2, 0.25) is 0 Å². The van der Waals surface area contributed by atoms with E-state index in [2.05, 4.69) is 6.92 Å². The van der Waals surface area contributed by atoms with E-state index in [1.165, 1.54) is 49.8 Å². The van der Waals surface area contributed by atoms with Crippen molar-refractivity contribution in [1.29, 1.82) is 0 Å². The predicted molar refractivity (Wildman–Crippen MR) is 88.7 cm³/mol. The van der Waals surface area contributed by atoms with Crippen LogP contribution in [0.3, 0.4) is 0 Å². The first-order valence-corrected chi connectivity index (χ1v) is 10.1. The van der Waals surface area contributed by atoms with Crippen LogP contribution in [-0.4, -0.2) is 43.1 Å². The summed E-state index contributed by atoms with van der Waals surface area (Å²) in [5.74, 6) is -0.587. The maximum atomic E-state index is 11.7. The van der Waals surface area contributed by atoms with Crippen molar-refractivity contribution in [1.82, 2.24) is 4.90 Å². The summed E-state index contributed by atoms with van der Waals surface area (Å²) in [6, 6.07) is 0. The number of rotatable bonds is 14. The van der Waals surface area contributed by atoms with Crippen LogP contribution in [-0.2, 0) is 14.9 Å². The number of carbonyl (C=O) groups is 1. The Bertz CT molecular complexity index is 388. The molecule has 0 spiro atoms. The van der Waals surface area contributed by atoms with Crippen LogP contribution in [0.5, 0.6) is 0 Å². The van der Waals surface area contributed by atoms with Gasteiger partial charge in [-0.1, -0.05) is 64.7 Å². The van der Waals surface area contributed by atoms with Crippen molar-refractivity contribution in [2.45, 2.75) is 77.6 Å². The topological polar surface area (TPSA) is 77.5 Å². The van der Waals surface area contributed by atoms with Crippen LogP contribution in [0, 0.1) is 0 Å². The number of amides is 1. The molecule has 132 valence electrons. The molecule has 0 aromatic carbocycles. The molecule has 0 heterocycles. The number of unbranched alkanes of at least 4 members (excludes halogenated alkanes) is 9. The quantitative estimate of drug-likeness (QED) is 0.255. The van der Waals surface area contributed by atoms with Gasteiger partial charge >= 0.3 is 29.6 Å². The van der Waals surface area contributed by atoms with Crippen LogP contribution in [0.4, 0.5) is 0 Å². The summed E-state index contributed by atoms with van der Waals surface area (Å²) in [4.78, 5) is 13.1. The second-order valence-electron chi connectivity index (χ2n) is 6.01. The molecule has 0 aromatic heterocycles. The van der Waals surface area contributed by atoms with Gasteiger partial charge in [0.25, 0.3) is 0 Å². The number of nitrogens with zero attached hydrogens (tertiary/aromatic N) is 1. The van der Waals surface area contributed by atoms with E-state index < -0.39 is 15.9 Å². The summed E-state index contributed by atoms with van der Waals surface area (Å²) in [5.41, 5.74) is 0. The molecular formula is C16H32NNaO4S. The molecule has 0 aliphatic carbocycles. The molecular weight excluding hydrogens is 325 g/mol. The van der Waals surface area contributed by atoms with Crippen molar-refractivity contribution in [2.24, 2.45) is 0 Å². The molecule has 7 heteroatoms. The van der Waals surface area contributed by atoms with E-state index in [0.29, 0.717) is 6.42 Å². The van der Waals surface area contributed by atoms with Crippen LogP contribution >= 0.6 is 0 Å². The van der Waals surface area contributed by atoms with Crippen molar-refractivity contribution in [3.63, 3.8) is 0 Å². The van der Waals surface area contributed by atoms with E-state index in [0.717, 1.165) is 19.3 Å². The van der Waals surface area contributed by atoms with Crippen LogP contribution in [0.15, 0.2) is 0 Å². The molecule has 23 heavy (non-hydrogen) atoms. The van der Waals surface area contributed by atoms with E-state index in [1.807, 2.05) is 0 Å². The Labute approximate surface area is 164 Å². The van der Waals surface area contributed by atoms with Gasteiger partial charge in [-0.15, -0.1) is 0 Å². The second-order valence-corrected chi connectivity index (χ2v) is 7.53. The first-order valence-electron chi connectivity index (χ1n) is 8.54. The molecule has 0 aliphatic heterocycles. The maximum Gasteiger partial charge on any atom is 1.00 e. The molecule has 0 N–H and O–H groups in total. The molecule has 0 rings (SSSR count). The van der Waals surface area contributed by atoms with Crippen LogP contribution in [0.25, 0.3) is 0 Å². The van der Waals surface area contributed by atoms with Gasteiger partial charge in [0.05, 0.1) is 15.9 Å². The largest absolute Gasteiger partial charge is 1.00 e. The first kappa shape index (κ1) is 25.6. The monoisotopic (exact) mass is 357 g/mol. The Balaban J connectivity index is 0. The average Bonchev–Trinajstić information content (AvgIpc) is 2.45. The first-order chi connectivity index (χ1) is 10.4. The molecule has 0 aliphatic rings. The van der Waals surface area contributed by atoms with Crippen LogP contribution < -0.4 is 29.6 Å². The van der Waals surface area contributed by atoms with Crippen molar-refractivity contribution >= 4 is 16.0 Å². The van der Waals surface area contributed by atoms with Gasteiger partial charge in [0.1, 0.15) is 0 Å². The Morgan fingerprint density at radius 3 is 1.78 bits per heavy atom. The third kappa shape index (κ3) is 18.6. The zero-order chi connectivity index (χ0) is 16.8. The van der Waals surface area contributed by atoms with Crippen molar-refractivity contribution in [2.75, 3.05) is 19.3 Å². The smallest absolute Gasteiger partial charge is 0.748 e. The fourth-order valence-electron chi connectivity index (χ4n) is 2.33. The average molecular weight is 357 g/mol. The fraction of sp³-hybridized carbons (Fsp3) is 0.938. The van der Waals surface area contributed by atoms with Gasteiger partial charge in [-0.3, -0.25) is 4.79 Å². The minimum absolute atomic E-state index is 0. The van der Waals surface area contributed by atoms with E-state index in [-0.39, 0.29) is 42.0 Å². The van der Waals surface area contributed by atoms with E-state index in [4.69, 9.17) is 0 Å². The zero-order valence-electron chi connectivity index (χ0n) is 15.2. The number of hydrogen-bond donors (Lipinski definition) is 0. The molecule has 0 bridgehead atoms. The van der Waals surface area contributed by atoms with Gasteiger partial charge in [-0.2, -0.15) is 0 Å². The van der Waals surface area contributed by atoms with E-state index in [9.17, 15) is 17.8 Å². The summed E-state index contributed by atoms with van der Waals surface area (Å²) in [6.45, 7) is 2.21. The van der Waals surface area contributed by atoms with E-state index >= 15 is 0 Å². The van der Waals surface area contributed by atoms with Gasteiger partial charge in [0, 0.05) is 20.0 Å². The molecule has 0 unspecified atom stereocenters. The molecule has 1 amide bonds. The van der Waals surface area contributed by atoms with E-state index in [1.54, 1.807) is 7.05 Å². The molecule has 0 saturated carbocycles. The molecule has 0 radical (unpaired) electrons. The van der Waals surface area contributed by atoms with Crippen molar-refractivity contribution in [3.05, 3.63) is 0 Å². The third-order valence-corrected chi connectivity index (χ3v) is 4.53.